The number of sulfonamides is 1. The number of nitrogens with one attached hydrogen (secondary N) is 1. The Morgan fingerprint density at radius 2 is 1.94 bits per heavy atom. The van der Waals surface area contributed by atoms with E-state index in [9.17, 15) is 18.0 Å². The van der Waals surface area contributed by atoms with Gasteiger partial charge in [0.15, 0.2) is 0 Å². The van der Waals surface area contributed by atoms with Crippen LogP contribution in [0.3, 0.4) is 0 Å². The molecule has 0 aliphatic rings. The van der Waals surface area contributed by atoms with E-state index in [2.05, 4.69) is 5.32 Å². The minimum absolute atomic E-state index is 0.0205. The molecule has 1 N–H and O–H groups in total. The number of hydrogen-bond donors (Lipinski definition) is 1. The van der Waals surface area contributed by atoms with Gasteiger partial charge < -0.3 is 5.32 Å². The van der Waals surface area contributed by atoms with Crippen LogP contribution in [0.1, 0.15) is 33.2 Å². The Bertz CT molecular complexity index is 1280. The van der Waals surface area contributed by atoms with Gasteiger partial charge in [0.1, 0.15) is 6.04 Å². The Labute approximate surface area is 190 Å². The molecule has 7 nitrogen and oxygen atoms in total. The van der Waals surface area contributed by atoms with Gasteiger partial charge in [0, 0.05) is 16.8 Å². The molecule has 0 fully saturated rings. The Hall–Kier alpha value is -2.36. The quantitative estimate of drug-likeness (QED) is 0.538. The summed E-state index contributed by atoms with van der Waals surface area (Å²) in [7, 11) is -3.76. The van der Waals surface area contributed by atoms with E-state index in [0.29, 0.717) is 16.4 Å². The fraction of sp³-hybridized carbons (Fsp3) is 0.333. The monoisotopic (exact) mass is 481 g/mol. The van der Waals surface area contributed by atoms with Crippen molar-refractivity contribution in [2.24, 2.45) is 0 Å². The van der Waals surface area contributed by atoms with Crippen molar-refractivity contribution >= 4 is 60.5 Å². The predicted molar refractivity (Wildman–Crippen MR) is 128 cm³/mol. The van der Waals surface area contributed by atoms with E-state index in [1.165, 1.54) is 6.07 Å². The van der Waals surface area contributed by atoms with Crippen molar-refractivity contribution in [3.8, 4) is 0 Å². The van der Waals surface area contributed by atoms with Crippen molar-refractivity contribution in [1.29, 1.82) is 0 Å². The first-order valence-electron chi connectivity index (χ1n) is 9.73. The molecule has 1 aromatic heterocycles. The maximum absolute atomic E-state index is 13.1. The first kappa shape index (κ1) is 23.3. The average Bonchev–Trinajstić information content (AvgIpc) is 2.99. The third-order valence-corrected chi connectivity index (χ3v) is 7.12. The maximum atomic E-state index is 13.1. The second kappa shape index (κ2) is 9.02. The number of halogens is 1. The number of benzene rings is 2. The number of fused-ring (bicyclic) bond motifs is 1. The smallest absolute Gasteiger partial charge is 0.308 e. The fourth-order valence-corrected chi connectivity index (χ4v) is 5.94. The van der Waals surface area contributed by atoms with Crippen molar-refractivity contribution in [2.45, 2.75) is 39.3 Å². The first-order chi connectivity index (χ1) is 14.5. The van der Waals surface area contributed by atoms with E-state index in [-0.39, 0.29) is 17.3 Å². The maximum Gasteiger partial charge on any atom is 0.308 e. The largest absolute Gasteiger partial charge is 0.324 e. The van der Waals surface area contributed by atoms with Gasteiger partial charge in [-0.1, -0.05) is 35.9 Å². The zero-order chi connectivity index (χ0) is 22.9. The van der Waals surface area contributed by atoms with Crippen LogP contribution in [-0.2, 0) is 14.8 Å². The zero-order valence-corrected chi connectivity index (χ0v) is 20.0. The fourth-order valence-electron chi connectivity index (χ4n) is 3.50. The van der Waals surface area contributed by atoms with E-state index in [1.54, 1.807) is 47.9 Å². The molecule has 31 heavy (non-hydrogen) atoms. The van der Waals surface area contributed by atoms with Gasteiger partial charge in [-0.2, -0.15) is 0 Å². The number of carbonyl (C=O) groups is 1. The topological polar surface area (TPSA) is 88.5 Å². The van der Waals surface area contributed by atoms with Gasteiger partial charge in [-0.25, -0.2) is 8.42 Å². The summed E-state index contributed by atoms with van der Waals surface area (Å²) in [5, 5.41) is 3.17. The third kappa shape index (κ3) is 4.94. The second-order valence-electron chi connectivity index (χ2n) is 7.47. The van der Waals surface area contributed by atoms with E-state index < -0.39 is 22.0 Å². The Morgan fingerprint density at radius 1 is 1.23 bits per heavy atom. The molecule has 166 valence electrons. The van der Waals surface area contributed by atoms with Gasteiger partial charge in [-0.15, -0.1) is 0 Å². The lowest BCUT2D eigenvalue weighted by Gasteiger charge is -2.30. The van der Waals surface area contributed by atoms with Crippen LogP contribution in [0.15, 0.2) is 47.3 Å². The summed E-state index contributed by atoms with van der Waals surface area (Å²) < 4.78 is 28.6. The molecule has 0 spiro atoms. The first-order valence-corrected chi connectivity index (χ1v) is 12.8. The molecule has 10 heteroatoms. The molecular formula is C21H24ClN3O4S2. The number of hydrogen-bond acceptors (Lipinski definition) is 5. The molecule has 2 aromatic carbocycles. The highest BCUT2D eigenvalue weighted by Gasteiger charge is 2.31. The number of nitrogens with zero attached hydrogens (tertiary/aromatic N) is 2. The van der Waals surface area contributed by atoms with Crippen LogP contribution in [0.25, 0.3) is 10.2 Å². The Kier molecular flexibility index (Phi) is 6.78. The SMILES string of the molecule is CC[C@@H](C(=O)Nc1ccc2c(c1)sc(=O)n2C(C)C)N(c1cccc(Cl)c1)S(C)(=O)=O. The van der Waals surface area contributed by atoms with Crippen molar-refractivity contribution in [2.75, 3.05) is 15.9 Å². The predicted octanol–water partition coefficient (Wildman–Crippen LogP) is 4.48. The molecule has 1 atom stereocenters. The molecule has 0 aliphatic heterocycles. The van der Waals surface area contributed by atoms with Crippen molar-refractivity contribution < 1.29 is 13.2 Å². The summed E-state index contributed by atoms with van der Waals surface area (Å²) in [4.78, 5) is 25.3. The van der Waals surface area contributed by atoms with Gasteiger partial charge in [-0.05, 0) is 56.7 Å². The minimum atomic E-state index is -3.76. The number of aromatic nitrogens is 1. The Balaban J connectivity index is 1.95. The van der Waals surface area contributed by atoms with E-state index in [0.717, 1.165) is 32.1 Å². The summed E-state index contributed by atoms with van der Waals surface area (Å²) in [6, 6.07) is 10.7. The molecule has 0 saturated heterocycles. The number of carbonyl (C=O) groups excluding carboxylic acids is 1. The highest BCUT2D eigenvalue weighted by Crippen LogP contribution is 2.27. The van der Waals surface area contributed by atoms with Crippen LogP contribution in [0.4, 0.5) is 11.4 Å². The van der Waals surface area contributed by atoms with Crippen LogP contribution < -0.4 is 14.5 Å². The minimum Gasteiger partial charge on any atom is -0.324 e. The van der Waals surface area contributed by atoms with Crippen LogP contribution in [0.2, 0.25) is 5.02 Å². The third-order valence-electron chi connectivity index (χ3n) is 4.79. The number of amides is 1. The highest BCUT2D eigenvalue weighted by molar-refractivity contribution is 7.92. The molecule has 0 saturated carbocycles. The molecule has 0 bridgehead atoms. The lowest BCUT2D eigenvalue weighted by atomic mass is 10.1. The Morgan fingerprint density at radius 3 is 2.52 bits per heavy atom. The molecule has 3 aromatic rings. The summed E-state index contributed by atoms with van der Waals surface area (Å²) in [5.41, 5.74) is 1.61. The normalized spacial score (nSPS) is 12.8. The summed E-state index contributed by atoms with van der Waals surface area (Å²) >= 11 is 7.15. The van der Waals surface area contributed by atoms with Crippen molar-refractivity contribution in [3.05, 3.63) is 57.2 Å². The lowest BCUT2D eigenvalue weighted by Crippen LogP contribution is -2.47. The molecule has 0 radical (unpaired) electrons. The summed E-state index contributed by atoms with van der Waals surface area (Å²) in [5.74, 6) is -0.470. The summed E-state index contributed by atoms with van der Waals surface area (Å²) in [6.07, 6.45) is 1.31. The second-order valence-corrected chi connectivity index (χ2v) is 10.8. The molecule has 0 aliphatic carbocycles. The molecular weight excluding hydrogens is 458 g/mol. The van der Waals surface area contributed by atoms with Crippen LogP contribution in [-0.4, -0.2) is 31.2 Å². The standard InChI is InChI=1S/C21H24ClN3O4S2/c1-5-17(25(31(4,28)29)16-8-6-7-14(22)11-16)20(26)23-15-9-10-18-19(12-15)30-21(27)24(18)13(2)3/h6-13,17H,5H2,1-4H3,(H,23,26)/t17-/m0/s1. The van der Waals surface area contributed by atoms with Crippen molar-refractivity contribution in [1.82, 2.24) is 4.57 Å². The van der Waals surface area contributed by atoms with Gasteiger partial charge in [0.25, 0.3) is 0 Å². The molecule has 3 rings (SSSR count). The molecule has 1 heterocycles. The highest BCUT2D eigenvalue weighted by atomic mass is 35.5. The number of anilines is 2. The zero-order valence-electron chi connectivity index (χ0n) is 17.6. The van der Waals surface area contributed by atoms with E-state index in [1.807, 2.05) is 13.8 Å². The van der Waals surface area contributed by atoms with Gasteiger partial charge >= 0.3 is 4.87 Å². The van der Waals surface area contributed by atoms with Gasteiger partial charge in [-0.3, -0.25) is 18.5 Å². The van der Waals surface area contributed by atoms with E-state index >= 15 is 0 Å². The van der Waals surface area contributed by atoms with Crippen LogP contribution >= 0.6 is 22.9 Å². The average molecular weight is 482 g/mol. The van der Waals surface area contributed by atoms with Gasteiger partial charge in [0.2, 0.25) is 15.9 Å². The van der Waals surface area contributed by atoms with Crippen LogP contribution in [0, 0.1) is 0 Å². The lowest BCUT2D eigenvalue weighted by molar-refractivity contribution is -0.117. The van der Waals surface area contributed by atoms with Gasteiger partial charge in [0.05, 0.1) is 22.2 Å². The molecule has 1 amide bonds. The number of rotatable bonds is 7. The van der Waals surface area contributed by atoms with Crippen LogP contribution in [0.5, 0.6) is 0 Å². The van der Waals surface area contributed by atoms with E-state index in [4.69, 9.17) is 11.6 Å². The number of thiazole rings is 1. The molecule has 0 unspecified atom stereocenters. The van der Waals surface area contributed by atoms with Crippen molar-refractivity contribution in [3.63, 3.8) is 0 Å². The summed E-state index contributed by atoms with van der Waals surface area (Å²) in [6.45, 7) is 5.61.